The number of piperazine rings is 1. The van der Waals surface area contributed by atoms with E-state index < -0.39 is 5.54 Å². The molecule has 1 saturated heterocycles. The molecule has 1 aliphatic carbocycles. The van der Waals surface area contributed by atoms with Gasteiger partial charge in [0, 0.05) is 6.54 Å². The molecule has 4 heteroatoms. The number of rotatable bonds is 2. The van der Waals surface area contributed by atoms with Crippen molar-refractivity contribution in [3.05, 3.63) is 0 Å². The first-order valence-electron chi connectivity index (χ1n) is 7.44. The number of carbonyl (C=O) groups excluding carboxylic acids is 2. The van der Waals surface area contributed by atoms with E-state index in [-0.39, 0.29) is 17.9 Å². The fourth-order valence-corrected chi connectivity index (χ4v) is 3.39. The lowest BCUT2D eigenvalue weighted by atomic mass is 9.81. The summed E-state index contributed by atoms with van der Waals surface area (Å²) in [5, 5.41) is 2.80. The molecule has 0 aromatic carbocycles. The van der Waals surface area contributed by atoms with Crippen molar-refractivity contribution in [2.45, 2.75) is 65.0 Å². The Bertz CT molecular complexity index is 378. The normalized spacial score (nSPS) is 35.2. The molecular formula is C15H26N2O2. The van der Waals surface area contributed by atoms with Crippen LogP contribution >= 0.6 is 0 Å². The first-order valence-corrected chi connectivity index (χ1v) is 7.44. The molecule has 1 aliphatic heterocycles. The summed E-state index contributed by atoms with van der Waals surface area (Å²) in [5.41, 5.74) is -0.760. The van der Waals surface area contributed by atoms with Crippen molar-refractivity contribution in [2.24, 2.45) is 11.8 Å². The monoisotopic (exact) mass is 266 g/mol. The lowest BCUT2D eigenvalue weighted by Gasteiger charge is -2.43. The summed E-state index contributed by atoms with van der Waals surface area (Å²) in [7, 11) is 0. The van der Waals surface area contributed by atoms with Gasteiger partial charge in [0.15, 0.2) is 0 Å². The number of carbonyl (C=O) groups is 2. The van der Waals surface area contributed by atoms with E-state index >= 15 is 0 Å². The molecule has 19 heavy (non-hydrogen) atoms. The number of nitrogens with one attached hydrogen (secondary N) is 1. The van der Waals surface area contributed by atoms with Crippen LogP contribution in [0.1, 0.15) is 53.4 Å². The predicted molar refractivity (Wildman–Crippen MR) is 74.5 cm³/mol. The second-order valence-electron chi connectivity index (χ2n) is 6.89. The first kappa shape index (κ1) is 14.4. The van der Waals surface area contributed by atoms with Crippen molar-refractivity contribution < 1.29 is 9.59 Å². The fraction of sp³-hybridized carbons (Fsp3) is 0.867. The summed E-state index contributed by atoms with van der Waals surface area (Å²) in [6.07, 6.45) is 4.91. The van der Waals surface area contributed by atoms with Crippen molar-refractivity contribution in [3.8, 4) is 0 Å². The van der Waals surface area contributed by atoms with Crippen LogP contribution in [-0.2, 0) is 9.59 Å². The van der Waals surface area contributed by atoms with Gasteiger partial charge in [-0.25, -0.2) is 0 Å². The van der Waals surface area contributed by atoms with Gasteiger partial charge < -0.3 is 10.2 Å². The predicted octanol–water partition coefficient (Wildman–Crippen LogP) is 1.94. The van der Waals surface area contributed by atoms with E-state index in [2.05, 4.69) is 12.2 Å². The van der Waals surface area contributed by atoms with Crippen LogP contribution in [0.4, 0.5) is 0 Å². The van der Waals surface area contributed by atoms with Crippen LogP contribution in [0, 0.1) is 11.8 Å². The number of amides is 2. The van der Waals surface area contributed by atoms with E-state index in [1.807, 2.05) is 6.92 Å². The molecule has 2 rings (SSSR count). The second-order valence-corrected chi connectivity index (χ2v) is 6.89. The quantitative estimate of drug-likeness (QED) is 0.830. The topological polar surface area (TPSA) is 49.4 Å². The number of hydrogen-bond acceptors (Lipinski definition) is 2. The lowest BCUT2D eigenvalue weighted by Crippen LogP contribution is -2.67. The molecule has 4 nitrogen and oxygen atoms in total. The van der Waals surface area contributed by atoms with Crippen LogP contribution in [0.15, 0.2) is 0 Å². The maximum Gasteiger partial charge on any atom is 0.248 e. The summed E-state index contributed by atoms with van der Waals surface area (Å²) in [5.74, 6) is 1.32. The van der Waals surface area contributed by atoms with Crippen molar-refractivity contribution in [1.29, 1.82) is 0 Å². The Labute approximate surface area is 115 Å². The summed E-state index contributed by atoms with van der Waals surface area (Å²) < 4.78 is 0. The van der Waals surface area contributed by atoms with Gasteiger partial charge in [-0.2, -0.15) is 0 Å². The Morgan fingerprint density at radius 2 is 1.95 bits per heavy atom. The molecule has 1 N–H and O–H groups in total. The Balaban J connectivity index is 2.08. The van der Waals surface area contributed by atoms with E-state index in [0.29, 0.717) is 5.92 Å². The third-order valence-corrected chi connectivity index (χ3v) is 4.58. The van der Waals surface area contributed by atoms with Gasteiger partial charge >= 0.3 is 0 Å². The van der Waals surface area contributed by atoms with Gasteiger partial charge in [-0.15, -0.1) is 0 Å². The maximum absolute atomic E-state index is 12.5. The van der Waals surface area contributed by atoms with Crippen molar-refractivity contribution in [1.82, 2.24) is 10.2 Å². The average Bonchev–Trinajstić information content (AvgIpc) is 2.32. The van der Waals surface area contributed by atoms with Gasteiger partial charge in [-0.1, -0.05) is 19.8 Å². The summed E-state index contributed by atoms with van der Waals surface area (Å²) in [4.78, 5) is 26.2. The Morgan fingerprint density at radius 3 is 2.58 bits per heavy atom. The smallest absolute Gasteiger partial charge is 0.248 e. The molecule has 2 aliphatic rings. The van der Waals surface area contributed by atoms with Gasteiger partial charge in [0.1, 0.15) is 11.6 Å². The highest BCUT2D eigenvalue weighted by Gasteiger charge is 2.43. The Kier molecular flexibility index (Phi) is 3.88. The van der Waals surface area contributed by atoms with Crippen molar-refractivity contribution in [2.75, 3.05) is 6.54 Å². The molecule has 0 aromatic heterocycles. The summed E-state index contributed by atoms with van der Waals surface area (Å²) in [6, 6.07) is -0.335. The maximum atomic E-state index is 12.5. The van der Waals surface area contributed by atoms with Crippen LogP contribution < -0.4 is 5.32 Å². The number of nitrogens with zero attached hydrogens (tertiary/aromatic N) is 1. The van der Waals surface area contributed by atoms with E-state index in [9.17, 15) is 9.59 Å². The van der Waals surface area contributed by atoms with Gasteiger partial charge in [0.2, 0.25) is 11.8 Å². The third kappa shape index (κ3) is 2.93. The van der Waals surface area contributed by atoms with Crippen LogP contribution in [0.2, 0.25) is 0 Å². The zero-order valence-corrected chi connectivity index (χ0v) is 12.5. The summed E-state index contributed by atoms with van der Waals surface area (Å²) >= 11 is 0. The van der Waals surface area contributed by atoms with Gasteiger partial charge in [0.05, 0.1) is 0 Å². The Hall–Kier alpha value is -1.06. The molecule has 1 saturated carbocycles. The molecule has 2 fully saturated rings. The molecule has 2 amide bonds. The molecule has 108 valence electrons. The van der Waals surface area contributed by atoms with Gasteiger partial charge in [0.25, 0.3) is 0 Å². The SMILES string of the molecule is CC1CCCC(CN2C(=O)C(C)(C)NC(=O)C2C)C1. The second kappa shape index (κ2) is 5.14. The minimum atomic E-state index is -0.760. The fourth-order valence-electron chi connectivity index (χ4n) is 3.39. The molecule has 3 atom stereocenters. The van der Waals surface area contributed by atoms with E-state index in [0.717, 1.165) is 12.5 Å². The average molecular weight is 266 g/mol. The molecule has 0 aromatic rings. The lowest BCUT2D eigenvalue weighted by molar-refractivity contribution is -0.153. The molecule has 1 heterocycles. The van der Waals surface area contributed by atoms with Gasteiger partial charge in [-0.05, 0) is 45.4 Å². The first-order chi connectivity index (χ1) is 8.81. The van der Waals surface area contributed by atoms with E-state index in [4.69, 9.17) is 0 Å². The van der Waals surface area contributed by atoms with Crippen molar-refractivity contribution in [3.63, 3.8) is 0 Å². The zero-order chi connectivity index (χ0) is 14.2. The highest BCUT2D eigenvalue weighted by molar-refractivity contribution is 5.99. The molecular weight excluding hydrogens is 240 g/mol. The van der Waals surface area contributed by atoms with Crippen LogP contribution in [0.25, 0.3) is 0 Å². The van der Waals surface area contributed by atoms with Crippen LogP contribution in [0.3, 0.4) is 0 Å². The minimum Gasteiger partial charge on any atom is -0.340 e. The molecule has 0 radical (unpaired) electrons. The van der Waals surface area contributed by atoms with E-state index in [1.165, 1.54) is 25.7 Å². The zero-order valence-electron chi connectivity index (χ0n) is 12.5. The van der Waals surface area contributed by atoms with Gasteiger partial charge in [-0.3, -0.25) is 9.59 Å². The minimum absolute atomic E-state index is 0.0338. The van der Waals surface area contributed by atoms with Crippen LogP contribution in [0.5, 0.6) is 0 Å². The van der Waals surface area contributed by atoms with Crippen molar-refractivity contribution >= 4 is 11.8 Å². The Morgan fingerprint density at radius 1 is 1.26 bits per heavy atom. The largest absolute Gasteiger partial charge is 0.340 e. The van der Waals surface area contributed by atoms with Crippen LogP contribution in [-0.4, -0.2) is 34.8 Å². The number of hydrogen-bond donors (Lipinski definition) is 1. The highest BCUT2D eigenvalue weighted by Crippen LogP contribution is 2.30. The molecule has 3 unspecified atom stereocenters. The molecule has 0 bridgehead atoms. The van der Waals surface area contributed by atoms with E-state index in [1.54, 1.807) is 18.7 Å². The third-order valence-electron chi connectivity index (χ3n) is 4.58. The standard InChI is InChI=1S/C15H26N2O2/c1-10-6-5-7-12(8-10)9-17-11(2)13(18)16-15(3,4)14(17)19/h10-12H,5-9H2,1-4H3,(H,16,18). The summed E-state index contributed by atoms with van der Waals surface area (Å²) in [6.45, 7) is 8.42. The highest BCUT2D eigenvalue weighted by atomic mass is 16.2. The molecule has 0 spiro atoms.